The highest BCUT2D eigenvalue weighted by atomic mass is 19.1. The average Bonchev–Trinajstić information content (AvgIpc) is 2.74. The number of benzene rings is 1. The van der Waals surface area contributed by atoms with Gasteiger partial charge in [-0.15, -0.1) is 0 Å². The fourth-order valence-electron chi connectivity index (χ4n) is 1.94. The molecule has 0 aliphatic carbocycles. The van der Waals surface area contributed by atoms with Crippen molar-refractivity contribution in [1.82, 2.24) is 10.2 Å². The Balaban J connectivity index is 1.82. The standard InChI is InChI=1S/C13H15FN2O2/c14-11-5-2-1-4-10(11)8-15-12(17)9-16-7-3-6-13(16)18/h1-2,4-5H,3,6-9H2,(H,15,17). The van der Waals surface area contributed by atoms with Gasteiger partial charge in [0.2, 0.25) is 11.8 Å². The molecule has 4 nitrogen and oxygen atoms in total. The lowest BCUT2D eigenvalue weighted by molar-refractivity contribution is -0.133. The van der Waals surface area contributed by atoms with E-state index >= 15 is 0 Å². The Bertz CT molecular complexity index is 462. The van der Waals surface area contributed by atoms with Gasteiger partial charge in [0.05, 0.1) is 6.54 Å². The SMILES string of the molecule is O=C(CN1CCCC1=O)NCc1ccccc1F. The third kappa shape index (κ3) is 3.06. The number of rotatable bonds is 4. The van der Waals surface area contributed by atoms with Gasteiger partial charge in [0, 0.05) is 25.1 Å². The van der Waals surface area contributed by atoms with Crippen LogP contribution in [0.15, 0.2) is 24.3 Å². The van der Waals surface area contributed by atoms with Crippen molar-refractivity contribution in [2.75, 3.05) is 13.1 Å². The van der Waals surface area contributed by atoms with Crippen LogP contribution in [0.3, 0.4) is 0 Å². The summed E-state index contributed by atoms with van der Waals surface area (Å²) in [6.45, 7) is 0.840. The summed E-state index contributed by atoms with van der Waals surface area (Å²) >= 11 is 0. The molecule has 5 heteroatoms. The molecule has 18 heavy (non-hydrogen) atoms. The van der Waals surface area contributed by atoms with E-state index in [9.17, 15) is 14.0 Å². The zero-order valence-electron chi connectivity index (χ0n) is 9.99. The summed E-state index contributed by atoms with van der Waals surface area (Å²) in [5, 5.41) is 2.61. The van der Waals surface area contributed by atoms with E-state index in [1.807, 2.05) is 0 Å². The lowest BCUT2D eigenvalue weighted by Crippen LogP contribution is -2.37. The molecule has 0 spiro atoms. The second kappa shape index (κ2) is 5.62. The van der Waals surface area contributed by atoms with Crippen molar-refractivity contribution in [2.45, 2.75) is 19.4 Å². The first kappa shape index (κ1) is 12.5. The molecule has 1 heterocycles. The molecule has 1 saturated heterocycles. The molecule has 1 aliphatic heterocycles. The van der Waals surface area contributed by atoms with Crippen LogP contribution >= 0.6 is 0 Å². The van der Waals surface area contributed by atoms with Gasteiger partial charge < -0.3 is 10.2 Å². The molecule has 1 aromatic carbocycles. The van der Waals surface area contributed by atoms with Gasteiger partial charge in [0.25, 0.3) is 0 Å². The first-order valence-corrected chi connectivity index (χ1v) is 5.94. The van der Waals surface area contributed by atoms with Gasteiger partial charge in [-0.05, 0) is 12.5 Å². The van der Waals surface area contributed by atoms with E-state index in [1.165, 1.54) is 11.0 Å². The van der Waals surface area contributed by atoms with Crippen LogP contribution in [-0.2, 0) is 16.1 Å². The third-order valence-electron chi connectivity index (χ3n) is 2.94. The first-order chi connectivity index (χ1) is 8.66. The van der Waals surface area contributed by atoms with Gasteiger partial charge in [0.1, 0.15) is 5.82 Å². The average molecular weight is 250 g/mol. The van der Waals surface area contributed by atoms with Crippen molar-refractivity contribution >= 4 is 11.8 Å². The van der Waals surface area contributed by atoms with E-state index in [2.05, 4.69) is 5.32 Å². The number of carbonyl (C=O) groups is 2. The van der Waals surface area contributed by atoms with Gasteiger partial charge in [-0.25, -0.2) is 4.39 Å². The smallest absolute Gasteiger partial charge is 0.239 e. The predicted molar refractivity (Wildman–Crippen MR) is 64.1 cm³/mol. The van der Waals surface area contributed by atoms with E-state index in [4.69, 9.17) is 0 Å². The summed E-state index contributed by atoms with van der Waals surface area (Å²) in [6.07, 6.45) is 1.32. The van der Waals surface area contributed by atoms with Crippen LogP contribution in [0.1, 0.15) is 18.4 Å². The van der Waals surface area contributed by atoms with Crippen molar-refractivity contribution in [2.24, 2.45) is 0 Å². The first-order valence-electron chi connectivity index (χ1n) is 5.94. The summed E-state index contributed by atoms with van der Waals surface area (Å²) < 4.78 is 13.3. The van der Waals surface area contributed by atoms with E-state index in [1.54, 1.807) is 18.2 Å². The maximum absolute atomic E-state index is 13.3. The Morgan fingerprint density at radius 3 is 2.83 bits per heavy atom. The lowest BCUT2D eigenvalue weighted by atomic mass is 10.2. The van der Waals surface area contributed by atoms with E-state index in [-0.39, 0.29) is 30.7 Å². The quantitative estimate of drug-likeness (QED) is 0.868. The second-order valence-corrected chi connectivity index (χ2v) is 4.29. The molecule has 0 saturated carbocycles. The van der Waals surface area contributed by atoms with Crippen LogP contribution in [0.5, 0.6) is 0 Å². The van der Waals surface area contributed by atoms with Crippen molar-refractivity contribution in [3.05, 3.63) is 35.6 Å². The number of halogens is 1. The van der Waals surface area contributed by atoms with Gasteiger partial charge in [-0.1, -0.05) is 18.2 Å². The van der Waals surface area contributed by atoms with Crippen molar-refractivity contribution in [1.29, 1.82) is 0 Å². The highest BCUT2D eigenvalue weighted by Gasteiger charge is 2.22. The molecule has 0 radical (unpaired) electrons. The molecule has 1 aromatic rings. The van der Waals surface area contributed by atoms with E-state index < -0.39 is 0 Å². The number of hydrogen-bond donors (Lipinski definition) is 1. The largest absolute Gasteiger partial charge is 0.350 e. The number of nitrogens with zero attached hydrogens (tertiary/aromatic N) is 1. The number of carbonyl (C=O) groups excluding carboxylic acids is 2. The Kier molecular flexibility index (Phi) is 3.92. The topological polar surface area (TPSA) is 49.4 Å². The number of nitrogens with one attached hydrogen (secondary N) is 1. The van der Waals surface area contributed by atoms with Gasteiger partial charge in [-0.2, -0.15) is 0 Å². The molecule has 1 aliphatic rings. The maximum atomic E-state index is 13.3. The maximum Gasteiger partial charge on any atom is 0.239 e. The molecule has 1 fully saturated rings. The molecule has 1 N–H and O–H groups in total. The van der Waals surface area contributed by atoms with Crippen molar-refractivity contribution < 1.29 is 14.0 Å². The Labute approximate surface area is 105 Å². The summed E-state index contributed by atoms with van der Waals surface area (Å²) in [7, 11) is 0. The van der Waals surface area contributed by atoms with Crippen LogP contribution in [0.2, 0.25) is 0 Å². The third-order valence-corrected chi connectivity index (χ3v) is 2.94. The summed E-state index contributed by atoms with van der Waals surface area (Å²) in [6, 6.07) is 6.29. The molecule has 2 amide bonds. The lowest BCUT2D eigenvalue weighted by Gasteiger charge is -2.15. The van der Waals surface area contributed by atoms with Gasteiger partial charge >= 0.3 is 0 Å². The normalized spacial score (nSPS) is 14.9. The van der Waals surface area contributed by atoms with E-state index in [0.29, 0.717) is 18.5 Å². The van der Waals surface area contributed by atoms with Crippen LogP contribution in [-0.4, -0.2) is 29.8 Å². The molecule has 0 aromatic heterocycles. The Morgan fingerprint density at radius 2 is 2.17 bits per heavy atom. The Hall–Kier alpha value is -1.91. The fraction of sp³-hybridized carbons (Fsp3) is 0.385. The monoisotopic (exact) mass is 250 g/mol. The fourth-order valence-corrected chi connectivity index (χ4v) is 1.94. The summed E-state index contributed by atoms with van der Waals surface area (Å²) in [5.41, 5.74) is 0.443. The number of likely N-dealkylation sites (tertiary alicyclic amines) is 1. The number of hydrogen-bond acceptors (Lipinski definition) is 2. The van der Waals surface area contributed by atoms with Crippen molar-refractivity contribution in [3.8, 4) is 0 Å². The minimum Gasteiger partial charge on any atom is -0.350 e. The molecule has 2 rings (SSSR count). The van der Waals surface area contributed by atoms with Crippen LogP contribution in [0.4, 0.5) is 4.39 Å². The zero-order chi connectivity index (χ0) is 13.0. The van der Waals surface area contributed by atoms with Crippen molar-refractivity contribution in [3.63, 3.8) is 0 Å². The molecule has 0 bridgehead atoms. The summed E-state index contributed by atoms with van der Waals surface area (Å²) in [5.74, 6) is -0.584. The van der Waals surface area contributed by atoms with Gasteiger partial charge in [0.15, 0.2) is 0 Å². The molecule has 96 valence electrons. The zero-order valence-corrected chi connectivity index (χ0v) is 9.99. The van der Waals surface area contributed by atoms with Crippen LogP contribution in [0, 0.1) is 5.82 Å². The molecular formula is C13H15FN2O2. The second-order valence-electron chi connectivity index (χ2n) is 4.29. The minimum absolute atomic E-state index is 0.0102. The molecular weight excluding hydrogens is 235 g/mol. The molecule has 0 unspecified atom stereocenters. The highest BCUT2D eigenvalue weighted by Crippen LogP contribution is 2.09. The minimum atomic E-state index is -0.338. The van der Waals surface area contributed by atoms with E-state index in [0.717, 1.165) is 6.42 Å². The van der Waals surface area contributed by atoms with Gasteiger partial charge in [-0.3, -0.25) is 9.59 Å². The highest BCUT2D eigenvalue weighted by molar-refractivity contribution is 5.85. The van der Waals surface area contributed by atoms with Crippen LogP contribution < -0.4 is 5.32 Å². The molecule has 0 atom stereocenters. The summed E-state index contributed by atoms with van der Waals surface area (Å²) in [4.78, 5) is 24.5. The number of amides is 2. The Morgan fingerprint density at radius 1 is 1.39 bits per heavy atom. The van der Waals surface area contributed by atoms with Crippen LogP contribution in [0.25, 0.3) is 0 Å². The predicted octanol–water partition coefficient (Wildman–Crippen LogP) is 1.06.